The fraction of sp³-hybridized carbons (Fsp3) is 0.136. The van der Waals surface area contributed by atoms with Crippen LogP contribution in [-0.2, 0) is 20.8 Å². The molecule has 0 aliphatic rings. The van der Waals surface area contributed by atoms with Crippen LogP contribution in [0.15, 0.2) is 60.7 Å². The van der Waals surface area contributed by atoms with Crippen LogP contribution >= 0.6 is 0 Å². The van der Waals surface area contributed by atoms with Crippen molar-refractivity contribution in [2.45, 2.75) is 6.54 Å². The van der Waals surface area contributed by atoms with Crippen LogP contribution in [0.25, 0.3) is 10.8 Å². The first-order valence-corrected chi connectivity index (χ1v) is 8.81. The van der Waals surface area contributed by atoms with E-state index in [0.29, 0.717) is 5.56 Å². The van der Waals surface area contributed by atoms with Crippen LogP contribution in [0.2, 0.25) is 0 Å². The van der Waals surface area contributed by atoms with Gasteiger partial charge in [-0.15, -0.1) is 0 Å². The number of hydrogen-bond acceptors (Lipinski definition) is 6. The number of aromatic hydroxyl groups is 1. The average Bonchev–Trinajstić information content (AvgIpc) is 2.75. The maximum Gasteiger partial charge on any atom is 0.342 e. The minimum Gasteiger partial charge on any atom is -0.507 e. The van der Waals surface area contributed by atoms with Gasteiger partial charge in [-0.3, -0.25) is 4.79 Å². The van der Waals surface area contributed by atoms with E-state index in [1.165, 1.54) is 19.2 Å². The Labute approximate surface area is 166 Å². The van der Waals surface area contributed by atoms with E-state index >= 15 is 0 Å². The lowest BCUT2D eigenvalue weighted by molar-refractivity contribution is -0.124. The normalized spacial score (nSPS) is 10.4. The van der Waals surface area contributed by atoms with Gasteiger partial charge in [0.05, 0.1) is 12.7 Å². The number of hydrogen-bond donors (Lipinski definition) is 2. The third-order valence-corrected chi connectivity index (χ3v) is 4.28. The SMILES string of the molecule is COC(=O)c1ccc(CNC(=O)COC(=O)c2cc3ccccc3cc2O)cc1. The Morgan fingerprint density at radius 3 is 2.24 bits per heavy atom. The van der Waals surface area contributed by atoms with Crippen molar-refractivity contribution in [2.75, 3.05) is 13.7 Å². The van der Waals surface area contributed by atoms with Crippen molar-refractivity contribution in [3.8, 4) is 5.75 Å². The molecule has 1 amide bonds. The molecule has 0 bridgehead atoms. The minimum absolute atomic E-state index is 0.00472. The van der Waals surface area contributed by atoms with Crippen LogP contribution in [0.4, 0.5) is 0 Å². The standard InChI is InChI=1S/C22H19NO6/c1-28-21(26)15-8-6-14(7-9-15)12-23-20(25)13-29-22(27)18-10-16-4-2-3-5-17(16)11-19(18)24/h2-11,24H,12-13H2,1H3,(H,23,25). The predicted octanol–water partition coefficient (Wildman–Crippen LogP) is 2.81. The van der Waals surface area contributed by atoms with Crippen LogP contribution in [0.1, 0.15) is 26.3 Å². The number of methoxy groups -OCH3 is 1. The Kier molecular flexibility index (Phi) is 6.09. The lowest BCUT2D eigenvalue weighted by atomic mass is 10.1. The van der Waals surface area contributed by atoms with Crippen molar-refractivity contribution in [1.29, 1.82) is 0 Å². The number of nitrogens with one attached hydrogen (secondary N) is 1. The Hall–Kier alpha value is -3.87. The van der Waals surface area contributed by atoms with E-state index in [4.69, 9.17) is 4.74 Å². The van der Waals surface area contributed by atoms with Crippen LogP contribution in [-0.4, -0.2) is 36.7 Å². The highest BCUT2D eigenvalue weighted by molar-refractivity contribution is 5.99. The molecule has 0 saturated carbocycles. The average molecular weight is 393 g/mol. The molecule has 0 fully saturated rings. The number of phenolic OH excluding ortho intramolecular Hbond substituents is 1. The second-order valence-corrected chi connectivity index (χ2v) is 6.26. The minimum atomic E-state index is -0.786. The summed E-state index contributed by atoms with van der Waals surface area (Å²) in [4.78, 5) is 35.6. The van der Waals surface area contributed by atoms with Gasteiger partial charge in [0.25, 0.3) is 5.91 Å². The molecule has 3 rings (SSSR count). The van der Waals surface area contributed by atoms with Gasteiger partial charge in [-0.2, -0.15) is 0 Å². The number of rotatable bonds is 6. The molecular formula is C22H19NO6. The zero-order valence-corrected chi connectivity index (χ0v) is 15.7. The van der Waals surface area contributed by atoms with Gasteiger partial charge in [-0.25, -0.2) is 9.59 Å². The van der Waals surface area contributed by atoms with E-state index in [0.717, 1.165) is 16.3 Å². The molecule has 0 aliphatic carbocycles. The van der Waals surface area contributed by atoms with Gasteiger partial charge in [0.2, 0.25) is 0 Å². The molecule has 29 heavy (non-hydrogen) atoms. The molecule has 0 heterocycles. The summed E-state index contributed by atoms with van der Waals surface area (Å²) in [5.74, 6) is -1.93. The highest BCUT2D eigenvalue weighted by Crippen LogP contribution is 2.25. The molecule has 3 aromatic carbocycles. The fourth-order valence-corrected chi connectivity index (χ4v) is 2.73. The Balaban J connectivity index is 1.53. The van der Waals surface area contributed by atoms with E-state index in [2.05, 4.69) is 10.1 Å². The highest BCUT2D eigenvalue weighted by Gasteiger charge is 2.15. The van der Waals surface area contributed by atoms with Gasteiger partial charge >= 0.3 is 11.9 Å². The molecular weight excluding hydrogens is 374 g/mol. The number of carbonyl (C=O) groups excluding carboxylic acids is 3. The summed E-state index contributed by atoms with van der Waals surface area (Å²) in [6.07, 6.45) is 0. The molecule has 0 unspecified atom stereocenters. The topological polar surface area (TPSA) is 102 Å². The molecule has 7 heteroatoms. The molecule has 0 aliphatic heterocycles. The van der Waals surface area contributed by atoms with Crippen LogP contribution in [0, 0.1) is 0 Å². The van der Waals surface area contributed by atoms with Crippen molar-refractivity contribution in [3.05, 3.63) is 77.4 Å². The fourth-order valence-electron chi connectivity index (χ4n) is 2.73. The molecule has 3 aromatic rings. The van der Waals surface area contributed by atoms with Crippen LogP contribution in [0.5, 0.6) is 5.75 Å². The Bertz CT molecular complexity index is 1060. The van der Waals surface area contributed by atoms with Gasteiger partial charge < -0.3 is 19.9 Å². The van der Waals surface area contributed by atoms with Crippen molar-refractivity contribution >= 4 is 28.6 Å². The molecule has 0 radical (unpaired) electrons. The number of phenols is 1. The second kappa shape index (κ2) is 8.88. The number of carbonyl (C=O) groups is 3. The maximum atomic E-state index is 12.2. The quantitative estimate of drug-likeness (QED) is 0.625. The Morgan fingerprint density at radius 2 is 1.59 bits per heavy atom. The third-order valence-electron chi connectivity index (χ3n) is 4.28. The zero-order valence-electron chi connectivity index (χ0n) is 15.7. The van der Waals surface area contributed by atoms with Gasteiger partial charge in [-0.05, 0) is 40.6 Å². The van der Waals surface area contributed by atoms with Crippen molar-refractivity contribution in [2.24, 2.45) is 0 Å². The summed E-state index contributed by atoms with van der Waals surface area (Å²) < 4.78 is 9.62. The van der Waals surface area contributed by atoms with Crippen molar-refractivity contribution in [1.82, 2.24) is 5.32 Å². The van der Waals surface area contributed by atoms with E-state index in [1.54, 1.807) is 24.3 Å². The smallest absolute Gasteiger partial charge is 0.342 e. The summed E-state index contributed by atoms with van der Waals surface area (Å²) in [6.45, 7) is -0.273. The maximum absolute atomic E-state index is 12.2. The molecule has 148 valence electrons. The molecule has 0 spiro atoms. The summed E-state index contributed by atoms with van der Waals surface area (Å²) in [5.41, 5.74) is 1.17. The molecule has 0 aromatic heterocycles. The zero-order chi connectivity index (χ0) is 20.8. The third kappa shape index (κ3) is 4.90. The monoisotopic (exact) mass is 393 g/mol. The molecule has 0 atom stereocenters. The number of fused-ring (bicyclic) bond motifs is 1. The number of amides is 1. The number of benzene rings is 3. The summed E-state index contributed by atoms with van der Waals surface area (Å²) in [5, 5.41) is 14.2. The van der Waals surface area contributed by atoms with Crippen molar-refractivity contribution in [3.63, 3.8) is 0 Å². The molecule has 7 nitrogen and oxygen atoms in total. The first-order chi connectivity index (χ1) is 14.0. The van der Waals surface area contributed by atoms with Crippen LogP contribution < -0.4 is 5.32 Å². The lowest BCUT2D eigenvalue weighted by Gasteiger charge is -2.09. The highest BCUT2D eigenvalue weighted by atomic mass is 16.5. The first-order valence-electron chi connectivity index (χ1n) is 8.81. The number of ether oxygens (including phenoxy) is 2. The molecule has 2 N–H and O–H groups in total. The van der Waals surface area contributed by atoms with Crippen LogP contribution in [0.3, 0.4) is 0 Å². The van der Waals surface area contributed by atoms with E-state index in [9.17, 15) is 19.5 Å². The lowest BCUT2D eigenvalue weighted by Crippen LogP contribution is -2.28. The summed E-state index contributed by atoms with van der Waals surface area (Å²) in [6, 6.07) is 16.8. The molecule has 0 saturated heterocycles. The van der Waals surface area contributed by atoms with E-state index < -0.39 is 24.5 Å². The van der Waals surface area contributed by atoms with E-state index in [1.807, 2.05) is 24.3 Å². The largest absolute Gasteiger partial charge is 0.507 e. The summed E-state index contributed by atoms with van der Waals surface area (Å²) >= 11 is 0. The Morgan fingerprint density at radius 1 is 0.931 bits per heavy atom. The first kappa shape index (κ1) is 19.9. The van der Waals surface area contributed by atoms with E-state index in [-0.39, 0.29) is 17.9 Å². The number of esters is 2. The second-order valence-electron chi connectivity index (χ2n) is 6.26. The van der Waals surface area contributed by atoms with Gasteiger partial charge in [0.15, 0.2) is 6.61 Å². The predicted molar refractivity (Wildman–Crippen MR) is 106 cm³/mol. The van der Waals surface area contributed by atoms with Gasteiger partial charge in [-0.1, -0.05) is 36.4 Å². The van der Waals surface area contributed by atoms with Crippen molar-refractivity contribution < 1.29 is 29.0 Å². The van der Waals surface area contributed by atoms with Gasteiger partial charge in [0.1, 0.15) is 11.3 Å². The van der Waals surface area contributed by atoms with Gasteiger partial charge in [0, 0.05) is 6.54 Å². The summed E-state index contributed by atoms with van der Waals surface area (Å²) in [7, 11) is 1.30.